The fourth-order valence-corrected chi connectivity index (χ4v) is 3.31. The molecule has 0 radical (unpaired) electrons. The van der Waals surface area contributed by atoms with Gasteiger partial charge in [0.1, 0.15) is 0 Å². The third-order valence-electron chi connectivity index (χ3n) is 3.31. The van der Waals surface area contributed by atoms with E-state index in [1.165, 1.54) is 5.56 Å². The summed E-state index contributed by atoms with van der Waals surface area (Å²) in [6, 6.07) is 6.52. The number of aliphatic hydroxyl groups is 1. The van der Waals surface area contributed by atoms with E-state index in [1.807, 2.05) is 6.07 Å². The standard InChI is InChI=1S/C13H18Br2N2O.ClH/c14-10-1-2-12(15)11(9-10)13(3-8-18)17-6-4-16-5-7-17;/h1-2,9,13,16,18H,3-8H2;1H/t13-;/m1./s1. The summed E-state index contributed by atoms with van der Waals surface area (Å²) in [5, 5.41) is 12.7. The van der Waals surface area contributed by atoms with Crippen molar-refractivity contribution in [2.75, 3.05) is 32.8 Å². The molecule has 2 N–H and O–H groups in total. The van der Waals surface area contributed by atoms with E-state index in [4.69, 9.17) is 0 Å². The van der Waals surface area contributed by atoms with Crippen LogP contribution in [-0.2, 0) is 0 Å². The van der Waals surface area contributed by atoms with Gasteiger partial charge in [-0.1, -0.05) is 31.9 Å². The zero-order chi connectivity index (χ0) is 13.0. The van der Waals surface area contributed by atoms with Crippen LogP contribution in [-0.4, -0.2) is 42.8 Å². The Labute approximate surface area is 137 Å². The van der Waals surface area contributed by atoms with Crippen LogP contribution in [0.3, 0.4) is 0 Å². The Morgan fingerprint density at radius 2 is 1.95 bits per heavy atom. The lowest BCUT2D eigenvalue weighted by Crippen LogP contribution is -2.45. The molecule has 108 valence electrons. The summed E-state index contributed by atoms with van der Waals surface area (Å²) >= 11 is 7.15. The predicted molar refractivity (Wildman–Crippen MR) is 88.0 cm³/mol. The molecule has 2 rings (SSSR count). The molecule has 1 aromatic rings. The molecule has 0 bridgehead atoms. The molecule has 1 aliphatic heterocycles. The summed E-state index contributed by atoms with van der Waals surface area (Å²) in [6.45, 7) is 4.32. The molecule has 1 fully saturated rings. The lowest BCUT2D eigenvalue weighted by atomic mass is 10.0. The van der Waals surface area contributed by atoms with Crippen LogP contribution in [0.25, 0.3) is 0 Å². The number of hydrogen-bond acceptors (Lipinski definition) is 3. The van der Waals surface area contributed by atoms with E-state index >= 15 is 0 Å². The molecular weight excluding hydrogens is 395 g/mol. The molecular formula is C13H19Br2ClN2O. The van der Waals surface area contributed by atoms with Gasteiger partial charge in [0, 0.05) is 47.8 Å². The van der Waals surface area contributed by atoms with Crippen molar-refractivity contribution in [3.8, 4) is 0 Å². The molecule has 0 saturated carbocycles. The Bertz CT molecular complexity index is 400. The van der Waals surface area contributed by atoms with Crippen LogP contribution in [0.5, 0.6) is 0 Å². The first-order chi connectivity index (χ1) is 8.72. The van der Waals surface area contributed by atoms with Gasteiger partial charge >= 0.3 is 0 Å². The minimum Gasteiger partial charge on any atom is -0.396 e. The maximum atomic E-state index is 9.32. The number of nitrogens with one attached hydrogen (secondary N) is 1. The van der Waals surface area contributed by atoms with E-state index in [0.29, 0.717) is 0 Å². The van der Waals surface area contributed by atoms with Gasteiger partial charge < -0.3 is 10.4 Å². The zero-order valence-corrected chi connectivity index (χ0v) is 14.6. The van der Waals surface area contributed by atoms with Crippen LogP contribution in [0.4, 0.5) is 0 Å². The summed E-state index contributed by atoms with van der Waals surface area (Å²) in [6.07, 6.45) is 0.773. The maximum Gasteiger partial charge on any atom is 0.0449 e. The number of halogens is 3. The number of benzene rings is 1. The van der Waals surface area contributed by atoms with E-state index in [-0.39, 0.29) is 25.1 Å². The summed E-state index contributed by atoms with van der Waals surface area (Å²) in [4.78, 5) is 2.44. The third kappa shape index (κ3) is 4.69. The highest BCUT2D eigenvalue weighted by Crippen LogP contribution is 2.32. The van der Waals surface area contributed by atoms with E-state index in [2.05, 4.69) is 54.2 Å². The average Bonchev–Trinajstić information content (AvgIpc) is 2.40. The van der Waals surface area contributed by atoms with Gasteiger partial charge in [-0.05, 0) is 30.2 Å². The maximum absolute atomic E-state index is 9.32. The number of piperazine rings is 1. The lowest BCUT2D eigenvalue weighted by molar-refractivity contribution is 0.140. The van der Waals surface area contributed by atoms with Crippen LogP contribution in [0.1, 0.15) is 18.0 Å². The largest absolute Gasteiger partial charge is 0.396 e. The second-order valence-electron chi connectivity index (χ2n) is 4.48. The normalized spacial score (nSPS) is 17.8. The molecule has 0 aliphatic carbocycles. The fraction of sp³-hybridized carbons (Fsp3) is 0.538. The highest BCUT2D eigenvalue weighted by atomic mass is 79.9. The zero-order valence-electron chi connectivity index (χ0n) is 10.6. The van der Waals surface area contributed by atoms with Crippen molar-refractivity contribution in [1.29, 1.82) is 0 Å². The number of rotatable bonds is 4. The van der Waals surface area contributed by atoms with E-state index in [0.717, 1.165) is 41.5 Å². The van der Waals surface area contributed by atoms with Crippen LogP contribution in [0, 0.1) is 0 Å². The molecule has 1 atom stereocenters. The minimum atomic E-state index is 0. The van der Waals surface area contributed by atoms with E-state index in [1.54, 1.807) is 0 Å². The molecule has 19 heavy (non-hydrogen) atoms. The van der Waals surface area contributed by atoms with Crippen molar-refractivity contribution in [3.63, 3.8) is 0 Å². The highest BCUT2D eigenvalue weighted by molar-refractivity contribution is 9.11. The first-order valence-corrected chi connectivity index (χ1v) is 7.81. The van der Waals surface area contributed by atoms with Gasteiger partial charge in [-0.2, -0.15) is 0 Å². The Kier molecular flexibility index (Phi) is 7.87. The van der Waals surface area contributed by atoms with Gasteiger partial charge in [0.05, 0.1) is 0 Å². The average molecular weight is 415 g/mol. The second-order valence-corrected chi connectivity index (χ2v) is 6.25. The fourth-order valence-electron chi connectivity index (χ4n) is 2.42. The minimum absolute atomic E-state index is 0. The van der Waals surface area contributed by atoms with Crippen LogP contribution in [0.15, 0.2) is 27.1 Å². The number of aliphatic hydroxyl groups excluding tert-OH is 1. The molecule has 3 nitrogen and oxygen atoms in total. The predicted octanol–water partition coefficient (Wildman–Crippen LogP) is 2.96. The van der Waals surface area contributed by atoms with Crippen molar-refractivity contribution < 1.29 is 5.11 Å². The summed E-state index contributed by atoms with van der Waals surface area (Å²) in [5.41, 5.74) is 1.25. The van der Waals surface area contributed by atoms with Gasteiger partial charge in [0.2, 0.25) is 0 Å². The third-order valence-corrected chi connectivity index (χ3v) is 4.53. The monoisotopic (exact) mass is 412 g/mol. The van der Waals surface area contributed by atoms with Crippen molar-refractivity contribution >= 4 is 44.3 Å². The molecule has 0 amide bonds. The summed E-state index contributed by atoms with van der Waals surface area (Å²) in [7, 11) is 0. The number of hydrogen-bond donors (Lipinski definition) is 2. The first kappa shape index (κ1) is 17.4. The molecule has 1 aromatic carbocycles. The van der Waals surface area contributed by atoms with E-state index in [9.17, 15) is 5.11 Å². The Hall–Kier alpha value is 0.350. The van der Waals surface area contributed by atoms with Gasteiger partial charge in [0.15, 0.2) is 0 Å². The Morgan fingerprint density at radius 1 is 1.26 bits per heavy atom. The van der Waals surface area contributed by atoms with Gasteiger partial charge in [-0.3, -0.25) is 4.90 Å². The van der Waals surface area contributed by atoms with Crippen LogP contribution >= 0.6 is 44.3 Å². The summed E-state index contributed by atoms with van der Waals surface area (Å²) in [5.74, 6) is 0. The molecule has 0 aromatic heterocycles. The molecule has 0 spiro atoms. The first-order valence-electron chi connectivity index (χ1n) is 6.23. The van der Waals surface area contributed by atoms with Gasteiger partial charge in [0.25, 0.3) is 0 Å². The van der Waals surface area contributed by atoms with Gasteiger partial charge in [-0.15, -0.1) is 12.4 Å². The number of nitrogens with zero attached hydrogens (tertiary/aromatic N) is 1. The highest BCUT2D eigenvalue weighted by Gasteiger charge is 2.23. The van der Waals surface area contributed by atoms with Crippen molar-refractivity contribution in [1.82, 2.24) is 10.2 Å². The Balaban J connectivity index is 0.00000180. The topological polar surface area (TPSA) is 35.5 Å². The smallest absolute Gasteiger partial charge is 0.0449 e. The molecule has 1 saturated heterocycles. The molecule has 6 heteroatoms. The summed E-state index contributed by atoms with van der Waals surface area (Å²) < 4.78 is 2.20. The lowest BCUT2D eigenvalue weighted by Gasteiger charge is -2.35. The van der Waals surface area contributed by atoms with Crippen molar-refractivity contribution in [3.05, 3.63) is 32.7 Å². The van der Waals surface area contributed by atoms with Crippen LogP contribution < -0.4 is 5.32 Å². The second kappa shape index (κ2) is 8.60. The van der Waals surface area contributed by atoms with Crippen molar-refractivity contribution in [2.45, 2.75) is 12.5 Å². The molecule has 1 heterocycles. The van der Waals surface area contributed by atoms with Gasteiger partial charge in [-0.25, -0.2) is 0 Å². The van der Waals surface area contributed by atoms with Crippen LogP contribution in [0.2, 0.25) is 0 Å². The quantitative estimate of drug-likeness (QED) is 0.795. The Morgan fingerprint density at radius 3 is 2.58 bits per heavy atom. The van der Waals surface area contributed by atoms with E-state index < -0.39 is 0 Å². The molecule has 1 aliphatic rings. The molecule has 0 unspecified atom stereocenters. The van der Waals surface area contributed by atoms with Crippen molar-refractivity contribution in [2.24, 2.45) is 0 Å². The SMILES string of the molecule is Cl.OCC[C@H](c1cc(Br)ccc1Br)N1CCNCC1.